The van der Waals surface area contributed by atoms with Crippen molar-refractivity contribution in [3.63, 3.8) is 0 Å². The van der Waals surface area contributed by atoms with Crippen molar-refractivity contribution in [1.29, 1.82) is 0 Å². The van der Waals surface area contributed by atoms with E-state index < -0.39 is 17.7 Å². The number of β-amino-alcohol motifs (C(OH)–C–C–N with tert-alkyl or cyclic N) is 1. The maximum Gasteiger partial charge on any atom is 0.410 e. The van der Waals surface area contributed by atoms with Crippen LogP contribution in [0.5, 0.6) is 0 Å². The number of piperidine rings is 1. The van der Waals surface area contributed by atoms with Gasteiger partial charge in [0.2, 0.25) is 0 Å². The third-order valence-corrected chi connectivity index (χ3v) is 3.50. The van der Waals surface area contributed by atoms with Gasteiger partial charge in [0, 0.05) is 6.54 Å². The summed E-state index contributed by atoms with van der Waals surface area (Å²) in [5, 5.41) is 19.0. The SMILES string of the molecule is O=C(O)C[C@@]1(O)CCCN(C(=O)OCc2ccccc2)C1. The van der Waals surface area contributed by atoms with Crippen LogP contribution in [0.2, 0.25) is 0 Å². The second-order valence-corrected chi connectivity index (χ2v) is 5.36. The van der Waals surface area contributed by atoms with Gasteiger partial charge >= 0.3 is 12.1 Å². The van der Waals surface area contributed by atoms with Crippen molar-refractivity contribution in [2.24, 2.45) is 0 Å². The average Bonchev–Trinajstić information content (AvgIpc) is 2.44. The third-order valence-electron chi connectivity index (χ3n) is 3.50. The zero-order chi connectivity index (χ0) is 15.3. The highest BCUT2D eigenvalue weighted by Gasteiger charge is 2.37. The lowest BCUT2D eigenvalue weighted by molar-refractivity contribution is -0.144. The van der Waals surface area contributed by atoms with E-state index in [1.54, 1.807) is 0 Å². The molecule has 1 aliphatic heterocycles. The van der Waals surface area contributed by atoms with E-state index in [2.05, 4.69) is 0 Å². The van der Waals surface area contributed by atoms with E-state index in [-0.39, 0.29) is 19.6 Å². The topological polar surface area (TPSA) is 87.1 Å². The summed E-state index contributed by atoms with van der Waals surface area (Å²) in [4.78, 5) is 24.1. The number of carbonyl (C=O) groups excluding carboxylic acids is 1. The van der Waals surface area contributed by atoms with E-state index in [1.807, 2.05) is 30.3 Å². The maximum atomic E-state index is 12.0. The Labute approximate surface area is 122 Å². The Kier molecular flexibility index (Phi) is 4.80. The number of hydrogen-bond acceptors (Lipinski definition) is 4. The standard InChI is InChI=1S/C15H19NO5/c17-13(18)9-15(20)7-4-8-16(11-15)14(19)21-10-12-5-2-1-3-6-12/h1-3,5-6,20H,4,7-11H2,(H,17,18)/t15-/m0/s1. The molecule has 1 amide bonds. The average molecular weight is 293 g/mol. The third kappa shape index (κ3) is 4.46. The number of benzene rings is 1. The number of likely N-dealkylation sites (tertiary alicyclic amines) is 1. The molecule has 1 aromatic carbocycles. The molecule has 0 radical (unpaired) electrons. The highest BCUT2D eigenvalue weighted by atomic mass is 16.6. The van der Waals surface area contributed by atoms with Crippen LogP contribution < -0.4 is 0 Å². The normalized spacial score (nSPS) is 21.9. The van der Waals surface area contributed by atoms with Gasteiger partial charge in [0.25, 0.3) is 0 Å². The monoisotopic (exact) mass is 293 g/mol. The van der Waals surface area contributed by atoms with Gasteiger partial charge in [-0.3, -0.25) is 4.79 Å². The molecule has 0 aliphatic carbocycles. The summed E-state index contributed by atoms with van der Waals surface area (Å²) >= 11 is 0. The van der Waals surface area contributed by atoms with Gasteiger partial charge in [-0.2, -0.15) is 0 Å². The van der Waals surface area contributed by atoms with Crippen molar-refractivity contribution in [2.45, 2.75) is 31.5 Å². The molecule has 1 atom stereocenters. The first kappa shape index (κ1) is 15.3. The van der Waals surface area contributed by atoms with E-state index in [4.69, 9.17) is 9.84 Å². The molecule has 1 saturated heterocycles. The van der Waals surface area contributed by atoms with E-state index in [0.29, 0.717) is 19.4 Å². The molecular weight excluding hydrogens is 274 g/mol. The van der Waals surface area contributed by atoms with Gasteiger partial charge in [0.1, 0.15) is 6.61 Å². The Morgan fingerprint density at radius 2 is 2.00 bits per heavy atom. The van der Waals surface area contributed by atoms with Crippen LogP contribution >= 0.6 is 0 Å². The predicted octanol–water partition coefficient (Wildman–Crippen LogP) is 1.62. The fourth-order valence-corrected chi connectivity index (χ4v) is 2.50. The highest BCUT2D eigenvalue weighted by Crippen LogP contribution is 2.25. The Hall–Kier alpha value is -2.08. The molecule has 6 nitrogen and oxygen atoms in total. The second-order valence-electron chi connectivity index (χ2n) is 5.36. The number of amides is 1. The smallest absolute Gasteiger partial charge is 0.410 e. The minimum Gasteiger partial charge on any atom is -0.481 e. The van der Waals surface area contributed by atoms with Crippen LogP contribution in [-0.2, 0) is 16.1 Å². The van der Waals surface area contributed by atoms with E-state index in [9.17, 15) is 14.7 Å². The van der Waals surface area contributed by atoms with E-state index in [0.717, 1.165) is 5.56 Å². The van der Waals surface area contributed by atoms with Crippen LogP contribution in [-0.4, -0.2) is 45.9 Å². The number of carboxylic acids is 1. The number of rotatable bonds is 4. The van der Waals surface area contributed by atoms with Crippen LogP contribution in [0, 0.1) is 0 Å². The van der Waals surface area contributed by atoms with Crippen LogP contribution in [0.4, 0.5) is 4.79 Å². The van der Waals surface area contributed by atoms with Crippen LogP contribution in [0.25, 0.3) is 0 Å². The number of carboxylic acid groups (broad SMARTS) is 1. The molecule has 0 unspecified atom stereocenters. The summed E-state index contributed by atoms with van der Waals surface area (Å²) in [6.45, 7) is 0.621. The molecule has 0 bridgehead atoms. The Morgan fingerprint density at radius 3 is 2.67 bits per heavy atom. The quantitative estimate of drug-likeness (QED) is 0.881. The highest BCUT2D eigenvalue weighted by molar-refractivity contribution is 5.70. The number of carbonyl (C=O) groups is 2. The lowest BCUT2D eigenvalue weighted by Crippen LogP contribution is -2.51. The molecule has 1 fully saturated rings. The van der Waals surface area contributed by atoms with Gasteiger partial charge in [-0.25, -0.2) is 4.79 Å². The van der Waals surface area contributed by atoms with Crippen molar-refractivity contribution in [3.05, 3.63) is 35.9 Å². The molecule has 2 rings (SSSR count). The van der Waals surface area contributed by atoms with Crippen molar-refractivity contribution in [1.82, 2.24) is 4.90 Å². The van der Waals surface area contributed by atoms with Crippen molar-refractivity contribution >= 4 is 12.1 Å². The molecule has 21 heavy (non-hydrogen) atoms. The number of nitrogens with zero attached hydrogens (tertiary/aromatic N) is 1. The number of ether oxygens (including phenoxy) is 1. The van der Waals surface area contributed by atoms with Crippen molar-refractivity contribution in [3.8, 4) is 0 Å². The summed E-state index contributed by atoms with van der Waals surface area (Å²) in [5.74, 6) is -1.07. The number of aliphatic hydroxyl groups is 1. The minimum atomic E-state index is -1.37. The van der Waals surface area contributed by atoms with Crippen molar-refractivity contribution in [2.75, 3.05) is 13.1 Å². The molecule has 1 aliphatic rings. The summed E-state index contributed by atoms with van der Waals surface area (Å²) < 4.78 is 5.19. The predicted molar refractivity (Wildman–Crippen MR) is 74.6 cm³/mol. The van der Waals surface area contributed by atoms with Gasteiger partial charge in [0.15, 0.2) is 0 Å². The summed E-state index contributed by atoms with van der Waals surface area (Å²) in [6, 6.07) is 9.29. The fraction of sp³-hybridized carbons (Fsp3) is 0.467. The summed E-state index contributed by atoms with van der Waals surface area (Å²) in [7, 11) is 0. The molecule has 0 aromatic heterocycles. The summed E-state index contributed by atoms with van der Waals surface area (Å²) in [5.41, 5.74) is -0.487. The molecule has 1 heterocycles. The zero-order valence-electron chi connectivity index (χ0n) is 11.7. The van der Waals surface area contributed by atoms with E-state index in [1.165, 1.54) is 4.90 Å². The Balaban J connectivity index is 1.88. The first-order valence-electron chi connectivity index (χ1n) is 6.88. The summed E-state index contributed by atoms with van der Waals surface area (Å²) in [6.07, 6.45) is 0.0453. The molecule has 2 N–H and O–H groups in total. The van der Waals surface area contributed by atoms with Gasteiger partial charge in [-0.15, -0.1) is 0 Å². The van der Waals surface area contributed by atoms with Gasteiger partial charge < -0.3 is 19.8 Å². The van der Waals surface area contributed by atoms with Crippen LogP contribution in [0.15, 0.2) is 30.3 Å². The first-order chi connectivity index (χ1) is 9.98. The van der Waals surface area contributed by atoms with Crippen LogP contribution in [0.3, 0.4) is 0 Å². The lowest BCUT2D eigenvalue weighted by Gasteiger charge is -2.37. The molecule has 6 heteroatoms. The zero-order valence-corrected chi connectivity index (χ0v) is 11.7. The second kappa shape index (κ2) is 6.58. The largest absolute Gasteiger partial charge is 0.481 e. The first-order valence-corrected chi connectivity index (χ1v) is 6.88. The Bertz CT molecular complexity index is 504. The molecular formula is C15H19NO5. The van der Waals surface area contributed by atoms with Crippen molar-refractivity contribution < 1.29 is 24.5 Å². The molecule has 1 aromatic rings. The van der Waals surface area contributed by atoms with Gasteiger partial charge in [-0.1, -0.05) is 30.3 Å². The van der Waals surface area contributed by atoms with Gasteiger partial charge in [-0.05, 0) is 18.4 Å². The maximum absolute atomic E-state index is 12.0. The number of aliphatic carboxylic acids is 1. The minimum absolute atomic E-state index is 0.00702. The lowest BCUT2D eigenvalue weighted by atomic mass is 9.90. The van der Waals surface area contributed by atoms with E-state index >= 15 is 0 Å². The van der Waals surface area contributed by atoms with Gasteiger partial charge in [0.05, 0.1) is 18.6 Å². The Morgan fingerprint density at radius 1 is 1.29 bits per heavy atom. The molecule has 114 valence electrons. The molecule has 0 saturated carbocycles. The number of hydrogen-bond donors (Lipinski definition) is 2. The molecule has 0 spiro atoms. The van der Waals surface area contributed by atoms with Crippen LogP contribution in [0.1, 0.15) is 24.8 Å². The fourth-order valence-electron chi connectivity index (χ4n) is 2.50.